The van der Waals surface area contributed by atoms with Crippen LogP contribution in [-0.4, -0.2) is 47.9 Å². The van der Waals surface area contributed by atoms with E-state index < -0.39 is 24.0 Å². The van der Waals surface area contributed by atoms with E-state index in [1.54, 1.807) is 0 Å². The standard InChI is InChI=1S/C12H18N2O4/c1-2-8-11(16)13-10(15)7-14(8)12(17)9-5-3-4-6-18-9/h8-9H,2-7H2,1H3,(H,13,15,16). The van der Waals surface area contributed by atoms with Crippen LogP contribution in [0.5, 0.6) is 0 Å². The fraction of sp³-hybridized carbons (Fsp3) is 0.750. The first-order valence-electron chi connectivity index (χ1n) is 6.39. The molecule has 2 aliphatic heterocycles. The van der Waals surface area contributed by atoms with Crippen LogP contribution < -0.4 is 5.32 Å². The largest absolute Gasteiger partial charge is 0.368 e. The summed E-state index contributed by atoms with van der Waals surface area (Å²) in [6.07, 6.45) is 2.58. The highest BCUT2D eigenvalue weighted by Crippen LogP contribution is 2.18. The molecule has 2 rings (SSSR count). The van der Waals surface area contributed by atoms with Crippen LogP contribution in [0, 0.1) is 0 Å². The molecule has 0 aromatic rings. The minimum atomic E-state index is -0.555. The molecule has 0 radical (unpaired) electrons. The second-order valence-corrected chi connectivity index (χ2v) is 4.66. The summed E-state index contributed by atoms with van der Waals surface area (Å²) in [5, 5.41) is 2.26. The molecule has 2 saturated heterocycles. The number of ether oxygens (including phenoxy) is 1. The van der Waals surface area contributed by atoms with E-state index >= 15 is 0 Å². The first kappa shape index (κ1) is 13.0. The summed E-state index contributed by atoms with van der Waals surface area (Å²) in [6.45, 7) is 2.34. The lowest BCUT2D eigenvalue weighted by Gasteiger charge is -2.36. The van der Waals surface area contributed by atoms with Gasteiger partial charge < -0.3 is 9.64 Å². The van der Waals surface area contributed by atoms with Crippen LogP contribution in [0.15, 0.2) is 0 Å². The normalized spacial score (nSPS) is 29.1. The molecule has 0 spiro atoms. The van der Waals surface area contributed by atoms with Crippen molar-refractivity contribution in [3.05, 3.63) is 0 Å². The van der Waals surface area contributed by atoms with Crippen LogP contribution in [-0.2, 0) is 19.1 Å². The number of carbonyl (C=O) groups is 3. The Morgan fingerprint density at radius 2 is 2.22 bits per heavy atom. The quantitative estimate of drug-likeness (QED) is 0.694. The van der Waals surface area contributed by atoms with Gasteiger partial charge in [-0.1, -0.05) is 6.92 Å². The van der Waals surface area contributed by atoms with Crippen LogP contribution in [0.25, 0.3) is 0 Å². The SMILES string of the molecule is CCC1C(=O)NC(=O)CN1C(=O)C1CCCCO1. The van der Waals surface area contributed by atoms with Gasteiger partial charge in [-0.05, 0) is 25.7 Å². The van der Waals surface area contributed by atoms with Crippen LogP contribution >= 0.6 is 0 Å². The van der Waals surface area contributed by atoms with E-state index in [9.17, 15) is 14.4 Å². The molecule has 0 aromatic heterocycles. The number of piperazine rings is 1. The second kappa shape index (κ2) is 5.48. The fourth-order valence-electron chi connectivity index (χ4n) is 2.42. The summed E-state index contributed by atoms with van der Waals surface area (Å²) < 4.78 is 5.42. The van der Waals surface area contributed by atoms with Crippen molar-refractivity contribution in [2.24, 2.45) is 0 Å². The monoisotopic (exact) mass is 254 g/mol. The summed E-state index contributed by atoms with van der Waals surface area (Å²) in [4.78, 5) is 36.7. The number of nitrogens with zero attached hydrogens (tertiary/aromatic N) is 1. The van der Waals surface area contributed by atoms with Gasteiger partial charge in [-0.15, -0.1) is 0 Å². The molecule has 0 saturated carbocycles. The van der Waals surface area contributed by atoms with Crippen molar-refractivity contribution in [2.75, 3.05) is 13.2 Å². The molecule has 2 heterocycles. The zero-order valence-corrected chi connectivity index (χ0v) is 10.5. The van der Waals surface area contributed by atoms with Gasteiger partial charge in [-0.2, -0.15) is 0 Å². The van der Waals surface area contributed by atoms with E-state index in [-0.39, 0.29) is 12.5 Å². The third-order valence-corrected chi connectivity index (χ3v) is 3.38. The van der Waals surface area contributed by atoms with Gasteiger partial charge in [0, 0.05) is 6.61 Å². The molecule has 6 heteroatoms. The van der Waals surface area contributed by atoms with Crippen molar-refractivity contribution >= 4 is 17.7 Å². The number of rotatable bonds is 2. The van der Waals surface area contributed by atoms with Crippen molar-refractivity contribution in [1.82, 2.24) is 10.2 Å². The van der Waals surface area contributed by atoms with Crippen LogP contribution in [0.4, 0.5) is 0 Å². The Morgan fingerprint density at radius 1 is 1.44 bits per heavy atom. The Balaban J connectivity index is 2.10. The fourth-order valence-corrected chi connectivity index (χ4v) is 2.42. The molecule has 6 nitrogen and oxygen atoms in total. The average Bonchev–Trinajstić information content (AvgIpc) is 2.38. The molecule has 1 N–H and O–H groups in total. The maximum absolute atomic E-state index is 12.3. The van der Waals surface area contributed by atoms with Crippen LogP contribution in [0.3, 0.4) is 0 Å². The summed E-state index contributed by atoms with van der Waals surface area (Å²) >= 11 is 0. The molecule has 2 unspecified atom stereocenters. The molecule has 3 amide bonds. The zero-order valence-electron chi connectivity index (χ0n) is 10.5. The average molecular weight is 254 g/mol. The van der Waals surface area contributed by atoms with Crippen molar-refractivity contribution in [3.8, 4) is 0 Å². The van der Waals surface area contributed by atoms with E-state index in [0.29, 0.717) is 19.4 Å². The third-order valence-electron chi connectivity index (χ3n) is 3.38. The van der Waals surface area contributed by atoms with E-state index in [4.69, 9.17) is 4.74 Å². The Bertz CT molecular complexity index is 363. The van der Waals surface area contributed by atoms with Gasteiger partial charge in [-0.3, -0.25) is 19.7 Å². The van der Waals surface area contributed by atoms with Gasteiger partial charge in [0.2, 0.25) is 11.8 Å². The highest BCUT2D eigenvalue weighted by Gasteiger charge is 2.38. The minimum Gasteiger partial charge on any atom is -0.368 e. The molecule has 18 heavy (non-hydrogen) atoms. The molecule has 0 aromatic carbocycles. The molecule has 2 atom stereocenters. The number of hydrogen-bond donors (Lipinski definition) is 1. The number of amides is 3. The molecular weight excluding hydrogens is 236 g/mol. The molecule has 2 aliphatic rings. The van der Waals surface area contributed by atoms with Gasteiger partial charge in [0.1, 0.15) is 18.7 Å². The zero-order chi connectivity index (χ0) is 13.1. The van der Waals surface area contributed by atoms with E-state index in [1.165, 1.54) is 4.90 Å². The van der Waals surface area contributed by atoms with Crippen molar-refractivity contribution < 1.29 is 19.1 Å². The van der Waals surface area contributed by atoms with Crippen molar-refractivity contribution in [3.63, 3.8) is 0 Å². The van der Waals surface area contributed by atoms with E-state index in [2.05, 4.69) is 5.32 Å². The van der Waals surface area contributed by atoms with Gasteiger partial charge in [0.25, 0.3) is 5.91 Å². The molecular formula is C12H18N2O4. The van der Waals surface area contributed by atoms with Gasteiger partial charge in [0.15, 0.2) is 0 Å². The summed E-state index contributed by atoms with van der Waals surface area (Å²) in [6, 6.07) is -0.555. The van der Waals surface area contributed by atoms with Gasteiger partial charge in [0.05, 0.1) is 0 Å². The first-order chi connectivity index (χ1) is 8.63. The smallest absolute Gasteiger partial charge is 0.252 e. The summed E-state index contributed by atoms with van der Waals surface area (Å²) in [7, 11) is 0. The highest BCUT2D eigenvalue weighted by molar-refractivity contribution is 6.04. The third kappa shape index (κ3) is 2.53. The minimum absolute atomic E-state index is 0.0526. The van der Waals surface area contributed by atoms with Crippen LogP contribution in [0.1, 0.15) is 32.6 Å². The number of nitrogens with one attached hydrogen (secondary N) is 1. The number of carbonyl (C=O) groups excluding carboxylic acids is 3. The highest BCUT2D eigenvalue weighted by atomic mass is 16.5. The second-order valence-electron chi connectivity index (χ2n) is 4.66. The summed E-state index contributed by atoms with van der Waals surface area (Å²) in [5.41, 5.74) is 0. The Kier molecular flexibility index (Phi) is 3.96. The Hall–Kier alpha value is -1.43. The van der Waals surface area contributed by atoms with Gasteiger partial charge in [-0.25, -0.2) is 0 Å². The van der Waals surface area contributed by atoms with E-state index in [1.807, 2.05) is 6.92 Å². The molecule has 0 bridgehead atoms. The lowest BCUT2D eigenvalue weighted by Crippen LogP contribution is -2.61. The number of imide groups is 1. The van der Waals surface area contributed by atoms with Crippen LogP contribution in [0.2, 0.25) is 0 Å². The lowest BCUT2D eigenvalue weighted by molar-refractivity contribution is -0.158. The predicted molar refractivity (Wildman–Crippen MR) is 62.5 cm³/mol. The molecule has 2 fully saturated rings. The lowest BCUT2D eigenvalue weighted by atomic mass is 10.0. The maximum Gasteiger partial charge on any atom is 0.252 e. The van der Waals surface area contributed by atoms with Gasteiger partial charge >= 0.3 is 0 Å². The molecule has 0 aliphatic carbocycles. The van der Waals surface area contributed by atoms with Crippen molar-refractivity contribution in [1.29, 1.82) is 0 Å². The Labute approximate surface area is 106 Å². The predicted octanol–water partition coefficient (Wildman–Crippen LogP) is -0.181. The molecule has 100 valence electrons. The first-order valence-corrected chi connectivity index (χ1v) is 6.39. The van der Waals surface area contributed by atoms with E-state index in [0.717, 1.165) is 12.8 Å². The Morgan fingerprint density at radius 3 is 2.83 bits per heavy atom. The number of hydrogen-bond acceptors (Lipinski definition) is 4. The summed E-state index contributed by atoms with van der Waals surface area (Å²) in [5.74, 6) is -1.04. The van der Waals surface area contributed by atoms with Crippen molar-refractivity contribution in [2.45, 2.75) is 44.8 Å². The maximum atomic E-state index is 12.3. The topological polar surface area (TPSA) is 75.7 Å².